The van der Waals surface area contributed by atoms with E-state index in [0.717, 1.165) is 30.9 Å². The third-order valence-electron chi connectivity index (χ3n) is 7.00. The third kappa shape index (κ3) is 5.06. The van der Waals surface area contributed by atoms with Crippen LogP contribution in [0.5, 0.6) is 0 Å². The second-order valence-corrected chi connectivity index (χ2v) is 9.20. The van der Waals surface area contributed by atoms with E-state index in [9.17, 15) is 23.4 Å². The molecule has 3 fully saturated rings. The molecule has 4 rings (SSSR count). The summed E-state index contributed by atoms with van der Waals surface area (Å²) in [5.41, 5.74) is -1.12. The van der Waals surface area contributed by atoms with E-state index in [2.05, 4.69) is 15.3 Å². The number of aliphatic hydroxyl groups is 2. The lowest BCUT2D eigenvalue weighted by atomic mass is 9.68. The number of hydrogen-bond donors (Lipinski definition) is 3. The number of hydrogen-bond acceptors (Lipinski definition) is 6. The summed E-state index contributed by atoms with van der Waals surface area (Å²) < 4.78 is 44.1. The minimum absolute atomic E-state index is 0.0820. The highest BCUT2D eigenvalue weighted by Gasteiger charge is 2.42. The second-order valence-electron chi connectivity index (χ2n) is 9.20. The van der Waals surface area contributed by atoms with Gasteiger partial charge in [0.25, 0.3) is 0 Å². The average molecular weight is 429 g/mol. The molecule has 1 saturated heterocycles. The van der Waals surface area contributed by atoms with Crippen LogP contribution in [-0.2, 0) is 10.9 Å². The van der Waals surface area contributed by atoms with Gasteiger partial charge in [0.05, 0.1) is 31.1 Å². The minimum Gasteiger partial charge on any atom is -0.388 e. The zero-order valence-electron chi connectivity index (χ0n) is 16.9. The number of aliphatic hydroxyl groups excluding tert-OH is 2. The summed E-state index contributed by atoms with van der Waals surface area (Å²) in [6, 6.07) is -0.759. The number of halogens is 3. The third-order valence-corrected chi connectivity index (χ3v) is 7.00. The topological polar surface area (TPSA) is 87.5 Å². The van der Waals surface area contributed by atoms with Gasteiger partial charge in [-0.2, -0.15) is 13.2 Å². The number of alkyl halides is 3. The minimum atomic E-state index is -4.60. The van der Waals surface area contributed by atoms with Gasteiger partial charge in [0.1, 0.15) is 18.0 Å². The van der Waals surface area contributed by atoms with E-state index >= 15 is 0 Å². The van der Waals surface area contributed by atoms with Crippen LogP contribution >= 0.6 is 0 Å². The molecule has 1 aliphatic heterocycles. The Morgan fingerprint density at radius 3 is 2.43 bits per heavy atom. The first-order chi connectivity index (χ1) is 14.3. The van der Waals surface area contributed by atoms with Gasteiger partial charge in [0.15, 0.2) is 5.69 Å². The summed E-state index contributed by atoms with van der Waals surface area (Å²) in [5.74, 6) is 2.10. The van der Waals surface area contributed by atoms with E-state index in [1.807, 2.05) is 0 Å². The van der Waals surface area contributed by atoms with Gasteiger partial charge in [-0.05, 0) is 37.0 Å². The van der Waals surface area contributed by atoms with Crippen molar-refractivity contribution in [3.8, 4) is 0 Å². The van der Waals surface area contributed by atoms with Crippen LogP contribution in [0.1, 0.15) is 57.1 Å². The smallest absolute Gasteiger partial charge is 0.388 e. The summed E-state index contributed by atoms with van der Waals surface area (Å²) in [6.45, 7) is 0.0820. The van der Waals surface area contributed by atoms with Gasteiger partial charge < -0.3 is 20.3 Å². The summed E-state index contributed by atoms with van der Waals surface area (Å²) in [6.07, 6.45) is 4.27. The second kappa shape index (κ2) is 8.96. The Morgan fingerprint density at radius 2 is 1.77 bits per heavy atom. The standard InChI is InChI=1S/C21H30F3N3O3/c22-21(23,24)17-9-25-10-18(27-17)26-15-11-30-16(20(29)19(15)28)8-14-6-13(7-14)5-4-12-2-1-3-12/h9-10,12-16,19-20,28-29H,1-8,11H2,(H,26,27)/t13?,14?,15-,16?,19+,20-/m0/s1. The molecule has 1 aromatic rings. The van der Waals surface area contributed by atoms with Gasteiger partial charge in [-0.3, -0.25) is 4.98 Å². The predicted octanol–water partition coefficient (Wildman–Crippen LogP) is 3.39. The highest BCUT2D eigenvalue weighted by atomic mass is 19.4. The van der Waals surface area contributed by atoms with Crippen molar-refractivity contribution in [3.63, 3.8) is 0 Å². The zero-order valence-corrected chi connectivity index (χ0v) is 16.9. The fourth-order valence-electron chi connectivity index (χ4n) is 4.86. The number of aromatic nitrogens is 2. The SMILES string of the molecule is O[C@@H]1[C@@H](Nc2cncc(C(F)(F)F)n2)COC(CC2CC(CCC3CCC3)C2)[C@@H]1O. The van der Waals surface area contributed by atoms with Crippen molar-refractivity contribution >= 4 is 5.82 Å². The lowest BCUT2D eigenvalue weighted by molar-refractivity contribution is -0.150. The number of nitrogens with one attached hydrogen (secondary N) is 1. The van der Waals surface area contributed by atoms with Gasteiger partial charge in [-0.25, -0.2) is 4.98 Å². The number of rotatable bonds is 7. The molecule has 0 bridgehead atoms. The summed E-state index contributed by atoms with van der Waals surface area (Å²) in [4.78, 5) is 7.03. The van der Waals surface area contributed by atoms with E-state index in [1.165, 1.54) is 32.1 Å². The number of nitrogens with zero attached hydrogens (tertiary/aromatic N) is 2. The Kier molecular flexibility index (Phi) is 6.50. The van der Waals surface area contributed by atoms with Crippen LogP contribution in [0, 0.1) is 17.8 Å². The molecule has 0 spiro atoms. The highest BCUT2D eigenvalue weighted by Crippen LogP contribution is 2.43. The van der Waals surface area contributed by atoms with Crippen LogP contribution in [0.15, 0.2) is 12.4 Å². The fraction of sp³-hybridized carbons (Fsp3) is 0.810. The van der Waals surface area contributed by atoms with Crippen molar-refractivity contribution in [3.05, 3.63) is 18.1 Å². The molecule has 9 heteroatoms. The first-order valence-electron chi connectivity index (χ1n) is 10.9. The van der Waals surface area contributed by atoms with Crippen molar-refractivity contribution in [2.24, 2.45) is 17.8 Å². The summed E-state index contributed by atoms with van der Waals surface area (Å²) >= 11 is 0. The summed E-state index contributed by atoms with van der Waals surface area (Å²) in [7, 11) is 0. The maximum absolute atomic E-state index is 12.8. The molecule has 0 radical (unpaired) electrons. The molecule has 3 N–H and O–H groups in total. The average Bonchev–Trinajstić information content (AvgIpc) is 2.63. The first-order valence-corrected chi connectivity index (χ1v) is 10.9. The molecule has 168 valence electrons. The summed E-state index contributed by atoms with van der Waals surface area (Å²) in [5, 5.41) is 23.7. The van der Waals surface area contributed by atoms with Crippen LogP contribution < -0.4 is 5.32 Å². The number of anilines is 1. The van der Waals surface area contributed by atoms with Gasteiger partial charge in [0, 0.05) is 0 Å². The molecule has 2 saturated carbocycles. The highest BCUT2D eigenvalue weighted by molar-refractivity contribution is 5.34. The molecular weight excluding hydrogens is 399 g/mol. The zero-order chi connectivity index (χ0) is 21.3. The Labute approximate surface area is 174 Å². The van der Waals surface area contributed by atoms with Gasteiger partial charge in [0.2, 0.25) is 0 Å². The van der Waals surface area contributed by atoms with E-state index < -0.39 is 36.2 Å². The van der Waals surface area contributed by atoms with Gasteiger partial charge in [-0.15, -0.1) is 0 Å². The monoisotopic (exact) mass is 429 g/mol. The van der Waals surface area contributed by atoms with E-state index in [1.54, 1.807) is 0 Å². The largest absolute Gasteiger partial charge is 0.434 e. The predicted molar refractivity (Wildman–Crippen MR) is 104 cm³/mol. The molecule has 6 nitrogen and oxygen atoms in total. The molecule has 1 unspecified atom stereocenters. The molecule has 3 aliphatic rings. The van der Waals surface area contributed by atoms with Crippen LogP contribution in [-0.4, -0.2) is 51.1 Å². The molecule has 0 amide bonds. The van der Waals surface area contributed by atoms with E-state index in [0.29, 0.717) is 18.5 Å². The molecular formula is C21H30F3N3O3. The van der Waals surface area contributed by atoms with Crippen molar-refractivity contribution in [2.75, 3.05) is 11.9 Å². The molecule has 2 heterocycles. The fourth-order valence-corrected chi connectivity index (χ4v) is 4.86. The Bertz CT molecular complexity index is 710. The molecule has 0 aromatic carbocycles. The number of ether oxygens (including phenoxy) is 1. The van der Waals surface area contributed by atoms with Crippen LogP contribution in [0.3, 0.4) is 0 Å². The van der Waals surface area contributed by atoms with E-state index in [4.69, 9.17) is 4.74 Å². The van der Waals surface area contributed by atoms with Crippen molar-refractivity contribution in [1.82, 2.24) is 9.97 Å². The van der Waals surface area contributed by atoms with Crippen molar-refractivity contribution < 1.29 is 28.1 Å². The molecule has 1 aromatic heterocycles. The van der Waals surface area contributed by atoms with Gasteiger partial charge >= 0.3 is 6.18 Å². The van der Waals surface area contributed by atoms with Crippen molar-refractivity contribution in [1.29, 1.82) is 0 Å². The maximum atomic E-state index is 12.8. The molecule has 30 heavy (non-hydrogen) atoms. The van der Waals surface area contributed by atoms with Gasteiger partial charge in [-0.1, -0.05) is 32.1 Å². The maximum Gasteiger partial charge on any atom is 0.434 e. The lowest BCUT2D eigenvalue weighted by Crippen LogP contribution is -2.56. The Morgan fingerprint density at radius 1 is 1.03 bits per heavy atom. The first kappa shape index (κ1) is 21.8. The quantitative estimate of drug-likeness (QED) is 0.616. The Hall–Kier alpha value is -1.45. The molecule has 4 atom stereocenters. The van der Waals surface area contributed by atoms with E-state index in [-0.39, 0.29) is 12.4 Å². The van der Waals surface area contributed by atoms with Crippen LogP contribution in [0.2, 0.25) is 0 Å². The van der Waals surface area contributed by atoms with Crippen molar-refractivity contribution in [2.45, 2.75) is 81.9 Å². The lowest BCUT2D eigenvalue weighted by Gasteiger charge is -2.43. The normalized spacial score (nSPS) is 34.8. The van der Waals surface area contributed by atoms with Crippen LogP contribution in [0.4, 0.5) is 19.0 Å². The Balaban J connectivity index is 1.23. The molecule has 2 aliphatic carbocycles. The van der Waals surface area contributed by atoms with Crippen LogP contribution in [0.25, 0.3) is 0 Å².